The summed E-state index contributed by atoms with van der Waals surface area (Å²) in [5.41, 5.74) is 7.27. The Morgan fingerprint density at radius 1 is 1.25 bits per heavy atom. The van der Waals surface area contributed by atoms with E-state index in [2.05, 4.69) is 16.1 Å². The van der Waals surface area contributed by atoms with E-state index < -0.39 is 0 Å². The van der Waals surface area contributed by atoms with E-state index in [4.69, 9.17) is 10.5 Å². The third-order valence-corrected chi connectivity index (χ3v) is 3.12. The Balaban J connectivity index is 1.90. The molecule has 2 aromatic rings. The molecule has 3 rings (SSSR count). The van der Waals surface area contributed by atoms with Gasteiger partial charge in [-0.2, -0.15) is 10.1 Å². The van der Waals surface area contributed by atoms with E-state index in [1.165, 1.54) is 12.8 Å². The fourth-order valence-electron chi connectivity index (χ4n) is 2.00. The van der Waals surface area contributed by atoms with Gasteiger partial charge < -0.3 is 10.5 Å². The third kappa shape index (κ3) is 2.76. The molecule has 0 atom stereocenters. The van der Waals surface area contributed by atoms with Gasteiger partial charge in [0.25, 0.3) is 0 Å². The van der Waals surface area contributed by atoms with Crippen LogP contribution in [0.4, 0.5) is 5.69 Å². The first-order valence-corrected chi connectivity index (χ1v) is 6.94. The standard InChI is InChI=1S/C15H20N4O/c1-15(2,3)20-14-11(16)6-7-13(17-14)19-9-8-12(18-19)10-4-5-10/h6-10H,4-5,16H2,1-3H3. The Bertz CT molecular complexity index is 623. The van der Waals surface area contributed by atoms with Crippen molar-refractivity contribution in [2.45, 2.75) is 45.1 Å². The average molecular weight is 272 g/mol. The Morgan fingerprint density at radius 2 is 2.00 bits per heavy atom. The van der Waals surface area contributed by atoms with Crippen LogP contribution < -0.4 is 10.5 Å². The van der Waals surface area contributed by atoms with E-state index in [9.17, 15) is 0 Å². The largest absolute Gasteiger partial charge is 0.470 e. The minimum atomic E-state index is -0.330. The number of nitrogen functional groups attached to an aromatic ring is 1. The first-order chi connectivity index (χ1) is 9.42. The molecule has 5 heteroatoms. The molecule has 0 aliphatic heterocycles. The van der Waals surface area contributed by atoms with Crippen molar-refractivity contribution in [3.05, 3.63) is 30.1 Å². The first kappa shape index (κ1) is 13.0. The highest BCUT2D eigenvalue weighted by Crippen LogP contribution is 2.39. The van der Waals surface area contributed by atoms with Gasteiger partial charge in [0.15, 0.2) is 5.82 Å². The summed E-state index contributed by atoms with van der Waals surface area (Å²) >= 11 is 0. The second kappa shape index (κ2) is 4.51. The number of pyridine rings is 1. The fraction of sp³-hybridized carbons (Fsp3) is 0.467. The lowest BCUT2D eigenvalue weighted by Gasteiger charge is -2.21. The van der Waals surface area contributed by atoms with Crippen molar-refractivity contribution in [1.29, 1.82) is 0 Å². The van der Waals surface area contributed by atoms with Crippen molar-refractivity contribution in [2.24, 2.45) is 0 Å². The van der Waals surface area contributed by atoms with Crippen LogP contribution in [0.25, 0.3) is 5.82 Å². The fourth-order valence-corrected chi connectivity index (χ4v) is 2.00. The number of aromatic nitrogens is 3. The minimum Gasteiger partial charge on any atom is -0.470 e. The normalized spacial score (nSPS) is 15.3. The van der Waals surface area contributed by atoms with Gasteiger partial charge in [0.05, 0.1) is 11.4 Å². The van der Waals surface area contributed by atoms with Crippen LogP contribution in [0, 0.1) is 0 Å². The predicted molar refractivity (Wildman–Crippen MR) is 78.1 cm³/mol. The highest BCUT2D eigenvalue weighted by molar-refractivity contribution is 5.50. The lowest BCUT2D eigenvalue weighted by molar-refractivity contribution is 0.125. The zero-order valence-electron chi connectivity index (χ0n) is 12.1. The predicted octanol–water partition coefficient (Wildman–Crippen LogP) is 2.90. The number of rotatable bonds is 3. The van der Waals surface area contributed by atoms with Crippen LogP contribution in [0.5, 0.6) is 5.88 Å². The second-order valence-electron chi connectivity index (χ2n) is 6.24. The molecule has 0 radical (unpaired) electrons. The number of ether oxygens (including phenoxy) is 1. The maximum absolute atomic E-state index is 5.92. The highest BCUT2D eigenvalue weighted by Gasteiger charge is 2.26. The molecule has 1 saturated carbocycles. The SMILES string of the molecule is CC(C)(C)Oc1nc(-n2ccc(C3CC3)n2)ccc1N. The van der Waals surface area contributed by atoms with Crippen LogP contribution in [-0.2, 0) is 0 Å². The molecule has 0 amide bonds. The van der Waals surface area contributed by atoms with Gasteiger partial charge in [-0.1, -0.05) is 0 Å². The molecule has 2 aromatic heterocycles. The van der Waals surface area contributed by atoms with E-state index in [1.54, 1.807) is 4.68 Å². The Kier molecular flexibility index (Phi) is 2.92. The maximum atomic E-state index is 5.92. The number of nitrogens with zero attached hydrogens (tertiary/aromatic N) is 3. The number of hydrogen-bond donors (Lipinski definition) is 1. The number of hydrogen-bond acceptors (Lipinski definition) is 4. The molecular weight excluding hydrogens is 252 g/mol. The summed E-state index contributed by atoms with van der Waals surface area (Å²) < 4.78 is 7.56. The smallest absolute Gasteiger partial charge is 0.239 e. The molecule has 0 unspecified atom stereocenters. The molecule has 0 spiro atoms. The lowest BCUT2D eigenvalue weighted by Crippen LogP contribution is -2.24. The lowest BCUT2D eigenvalue weighted by atomic mass is 10.2. The molecule has 1 aliphatic carbocycles. The van der Waals surface area contributed by atoms with Crippen molar-refractivity contribution >= 4 is 5.69 Å². The van der Waals surface area contributed by atoms with Crippen molar-refractivity contribution < 1.29 is 4.74 Å². The Labute approximate surface area is 118 Å². The summed E-state index contributed by atoms with van der Waals surface area (Å²) in [6.07, 6.45) is 4.42. The van der Waals surface area contributed by atoms with E-state index in [0.717, 1.165) is 11.5 Å². The molecule has 2 N–H and O–H groups in total. The zero-order chi connectivity index (χ0) is 14.3. The van der Waals surface area contributed by atoms with Crippen LogP contribution in [0.2, 0.25) is 0 Å². The summed E-state index contributed by atoms with van der Waals surface area (Å²) in [4.78, 5) is 4.47. The van der Waals surface area contributed by atoms with Gasteiger partial charge >= 0.3 is 0 Å². The van der Waals surface area contributed by atoms with Crippen molar-refractivity contribution in [3.8, 4) is 11.7 Å². The molecule has 0 aromatic carbocycles. The molecule has 0 bridgehead atoms. The van der Waals surface area contributed by atoms with Gasteiger partial charge in [-0.15, -0.1) is 0 Å². The maximum Gasteiger partial charge on any atom is 0.239 e. The first-order valence-electron chi connectivity index (χ1n) is 6.94. The second-order valence-corrected chi connectivity index (χ2v) is 6.24. The molecule has 1 fully saturated rings. The van der Waals surface area contributed by atoms with Crippen LogP contribution >= 0.6 is 0 Å². The highest BCUT2D eigenvalue weighted by atomic mass is 16.5. The van der Waals surface area contributed by atoms with Crippen LogP contribution in [0.1, 0.15) is 45.2 Å². The summed E-state index contributed by atoms with van der Waals surface area (Å²) in [6, 6.07) is 5.72. The molecule has 2 heterocycles. The molecule has 5 nitrogen and oxygen atoms in total. The molecular formula is C15H20N4O. The van der Waals surface area contributed by atoms with Gasteiger partial charge in [0.1, 0.15) is 5.60 Å². The van der Waals surface area contributed by atoms with E-state index in [-0.39, 0.29) is 5.60 Å². The van der Waals surface area contributed by atoms with Gasteiger partial charge in [-0.3, -0.25) is 0 Å². The summed E-state index contributed by atoms with van der Waals surface area (Å²) in [5, 5.41) is 4.57. The molecule has 20 heavy (non-hydrogen) atoms. The minimum absolute atomic E-state index is 0.330. The van der Waals surface area contributed by atoms with Gasteiger partial charge in [-0.05, 0) is 51.8 Å². The average Bonchev–Trinajstić information content (AvgIpc) is 3.09. The van der Waals surface area contributed by atoms with Crippen molar-refractivity contribution in [3.63, 3.8) is 0 Å². The monoisotopic (exact) mass is 272 g/mol. The van der Waals surface area contributed by atoms with Crippen molar-refractivity contribution in [1.82, 2.24) is 14.8 Å². The summed E-state index contributed by atoms with van der Waals surface area (Å²) in [7, 11) is 0. The summed E-state index contributed by atoms with van der Waals surface area (Å²) in [6.45, 7) is 5.92. The van der Waals surface area contributed by atoms with E-state index in [1.807, 2.05) is 39.1 Å². The Morgan fingerprint density at radius 3 is 2.65 bits per heavy atom. The van der Waals surface area contributed by atoms with E-state index >= 15 is 0 Å². The molecule has 1 aliphatic rings. The topological polar surface area (TPSA) is 66.0 Å². The van der Waals surface area contributed by atoms with Gasteiger partial charge in [0, 0.05) is 12.1 Å². The summed E-state index contributed by atoms with van der Waals surface area (Å²) in [5.74, 6) is 1.82. The molecule has 0 saturated heterocycles. The molecule has 106 valence electrons. The van der Waals surface area contributed by atoms with Crippen LogP contribution in [-0.4, -0.2) is 20.4 Å². The van der Waals surface area contributed by atoms with Crippen LogP contribution in [0.3, 0.4) is 0 Å². The van der Waals surface area contributed by atoms with Crippen molar-refractivity contribution in [2.75, 3.05) is 5.73 Å². The quantitative estimate of drug-likeness (QED) is 0.933. The number of anilines is 1. The third-order valence-electron chi connectivity index (χ3n) is 3.12. The number of nitrogens with two attached hydrogens (primary N) is 1. The zero-order valence-corrected chi connectivity index (χ0v) is 12.1. The Hall–Kier alpha value is -2.04. The van der Waals surface area contributed by atoms with E-state index in [0.29, 0.717) is 17.5 Å². The van der Waals surface area contributed by atoms with Gasteiger partial charge in [-0.25, -0.2) is 4.68 Å². The van der Waals surface area contributed by atoms with Crippen LogP contribution in [0.15, 0.2) is 24.4 Å². The van der Waals surface area contributed by atoms with Gasteiger partial charge in [0.2, 0.25) is 5.88 Å².